The summed E-state index contributed by atoms with van der Waals surface area (Å²) < 4.78 is 1.86. The molecule has 0 aliphatic rings. The van der Waals surface area contributed by atoms with E-state index in [0.717, 1.165) is 16.6 Å². The fourth-order valence-electron chi connectivity index (χ4n) is 2.35. The number of fused-ring (bicyclic) bond motifs is 3. The summed E-state index contributed by atoms with van der Waals surface area (Å²) in [7, 11) is 0. The Labute approximate surface area is 146 Å². The second-order valence-corrected chi connectivity index (χ2v) is 5.85. The van der Waals surface area contributed by atoms with Gasteiger partial charge in [-0.3, -0.25) is 9.83 Å². The Hall–Kier alpha value is -2.70. The van der Waals surface area contributed by atoms with Crippen molar-refractivity contribution in [1.82, 2.24) is 19.6 Å². The number of hydrogen-bond donors (Lipinski definition) is 1. The van der Waals surface area contributed by atoms with Crippen LogP contribution in [0.15, 0.2) is 53.9 Å². The number of hydrogen-bond acceptors (Lipinski definition) is 5. The van der Waals surface area contributed by atoms with Gasteiger partial charge < -0.3 is 0 Å². The molecule has 0 saturated carbocycles. The van der Waals surface area contributed by atoms with Crippen molar-refractivity contribution in [2.45, 2.75) is 0 Å². The zero-order chi connectivity index (χ0) is 16.5. The van der Waals surface area contributed by atoms with Crippen LogP contribution in [0.2, 0.25) is 10.0 Å². The van der Waals surface area contributed by atoms with Crippen LogP contribution in [0, 0.1) is 0 Å². The van der Waals surface area contributed by atoms with Gasteiger partial charge in [0.05, 0.1) is 22.3 Å². The van der Waals surface area contributed by atoms with Crippen molar-refractivity contribution >= 4 is 51.9 Å². The van der Waals surface area contributed by atoms with E-state index in [1.54, 1.807) is 30.7 Å². The number of anilines is 1. The van der Waals surface area contributed by atoms with Gasteiger partial charge in [-0.2, -0.15) is 5.10 Å². The molecular formula is C16H10Cl2N6. The third-order valence-corrected chi connectivity index (χ3v) is 4.03. The molecule has 24 heavy (non-hydrogen) atoms. The smallest absolute Gasteiger partial charge is 0.205 e. The highest BCUT2D eigenvalue weighted by atomic mass is 35.5. The first-order valence-corrected chi connectivity index (χ1v) is 7.80. The SMILES string of the molecule is Clc1ccc(/C=N/Nc2nc3ccccc3n3cnnc23)c(Cl)c1. The third-order valence-electron chi connectivity index (χ3n) is 3.47. The Kier molecular flexibility index (Phi) is 3.76. The number of para-hydroxylation sites is 2. The molecule has 0 saturated heterocycles. The van der Waals surface area contributed by atoms with E-state index in [4.69, 9.17) is 23.2 Å². The zero-order valence-corrected chi connectivity index (χ0v) is 13.7. The molecule has 2 heterocycles. The highest BCUT2D eigenvalue weighted by molar-refractivity contribution is 6.36. The first-order valence-electron chi connectivity index (χ1n) is 7.05. The number of halogens is 2. The maximum atomic E-state index is 6.12. The van der Waals surface area contributed by atoms with Gasteiger partial charge in [0.25, 0.3) is 0 Å². The number of hydrazone groups is 1. The summed E-state index contributed by atoms with van der Waals surface area (Å²) >= 11 is 12.0. The molecule has 0 unspecified atom stereocenters. The van der Waals surface area contributed by atoms with Gasteiger partial charge in [0.15, 0.2) is 5.82 Å². The van der Waals surface area contributed by atoms with Gasteiger partial charge in [0, 0.05) is 10.6 Å². The Morgan fingerprint density at radius 2 is 2.00 bits per heavy atom. The lowest BCUT2D eigenvalue weighted by Gasteiger charge is -2.05. The first kappa shape index (κ1) is 14.9. The van der Waals surface area contributed by atoms with E-state index in [1.165, 1.54) is 0 Å². The average Bonchev–Trinajstić information content (AvgIpc) is 3.07. The summed E-state index contributed by atoms with van der Waals surface area (Å²) in [6.07, 6.45) is 3.24. The zero-order valence-electron chi connectivity index (χ0n) is 12.2. The van der Waals surface area contributed by atoms with E-state index in [1.807, 2.05) is 28.7 Å². The van der Waals surface area contributed by atoms with Crippen molar-refractivity contribution in [2.24, 2.45) is 5.10 Å². The molecule has 4 rings (SSSR count). The van der Waals surface area contributed by atoms with Crippen LogP contribution in [0.1, 0.15) is 5.56 Å². The number of aromatic nitrogens is 4. The Bertz CT molecular complexity index is 1070. The van der Waals surface area contributed by atoms with Crippen molar-refractivity contribution in [3.63, 3.8) is 0 Å². The Balaban J connectivity index is 1.71. The fourth-order valence-corrected chi connectivity index (χ4v) is 2.81. The first-order chi connectivity index (χ1) is 11.7. The summed E-state index contributed by atoms with van der Waals surface area (Å²) in [4.78, 5) is 4.54. The summed E-state index contributed by atoms with van der Waals surface area (Å²) in [6, 6.07) is 12.9. The van der Waals surface area contributed by atoms with Gasteiger partial charge in [-0.05, 0) is 24.3 Å². The van der Waals surface area contributed by atoms with E-state index < -0.39 is 0 Å². The lowest BCUT2D eigenvalue weighted by molar-refractivity contribution is 1.11. The molecule has 0 fully saturated rings. The minimum absolute atomic E-state index is 0.507. The predicted octanol–water partition coefficient (Wildman–Crippen LogP) is 4.03. The van der Waals surface area contributed by atoms with Crippen molar-refractivity contribution in [1.29, 1.82) is 0 Å². The summed E-state index contributed by atoms with van der Waals surface area (Å²) in [5, 5.41) is 13.3. The van der Waals surface area contributed by atoms with Crippen LogP contribution in [-0.2, 0) is 0 Å². The fraction of sp³-hybridized carbons (Fsp3) is 0. The van der Waals surface area contributed by atoms with Crippen LogP contribution < -0.4 is 5.43 Å². The van der Waals surface area contributed by atoms with E-state index in [-0.39, 0.29) is 0 Å². The van der Waals surface area contributed by atoms with E-state index >= 15 is 0 Å². The quantitative estimate of drug-likeness (QED) is 0.444. The molecule has 0 aliphatic heterocycles. The maximum absolute atomic E-state index is 6.12. The standard InChI is InChI=1S/C16H10Cl2N6/c17-11-6-5-10(12(18)7-11)8-19-22-15-16-23-20-9-24(16)14-4-2-1-3-13(14)21-15/h1-9H,(H,21,22)/b19-8+. The van der Waals surface area contributed by atoms with E-state index in [9.17, 15) is 0 Å². The average molecular weight is 357 g/mol. The highest BCUT2D eigenvalue weighted by Gasteiger charge is 2.09. The molecule has 0 spiro atoms. The van der Waals surface area contributed by atoms with Crippen LogP contribution in [0.3, 0.4) is 0 Å². The minimum atomic E-state index is 0.507. The van der Waals surface area contributed by atoms with Crippen molar-refractivity contribution in [2.75, 3.05) is 5.43 Å². The van der Waals surface area contributed by atoms with Gasteiger partial charge in [0.2, 0.25) is 5.65 Å². The van der Waals surface area contributed by atoms with Crippen molar-refractivity contribution in [3.8, 4) is 0 Å². The summed E-state index contributed by atoms with van der Waals surface area (Å²) in [5.74, 6) is 0.507. The van der Waals surface area contributed by atoms with Crippen molar-refractivity contribution < 1.29 is 0 Å². The lowest BCUT2D eigenvalue weighted by Crippen LogP contribution is -2.00. The topological polar surface area (TPSA) is 67.5 Å². The molecule has 118 valence electrons. The lowest BCUT2D eigenvalue weighted by atomic mass is 10.2. The highest BCUT2D eigenvalue weighted by Crippen LogP contribution is 2.21. The van der Waals surface area contributed by atoms with Gasteiger partial charge >= 0.3 is 0 Å². The monoisotopic (exact) mass is 356 g/mol. The largest absolute Gasteiger partial charge is 0.277 e. The summed E-state index contributed by atoms with van der Waals surface area (Å²) in [5.41, 5.74) is 5.97. The molecule has 0 radical (unpaired) electrons. The molecule has 6 nitrogen and oxygen atoms in total. The molecule has 1 N–H and O–H groups in total. The molecule has 0 bridgehead atoms. The number of nitrogens with zero attached hydrogens (tertiary/aromatic N) is 5. The second-order valence-electron chi connectivity index (χ2n) is 5.01. The van der Waals surface area contributed by atoms with Crippen LogP contribution in [0.25, 0.3) is 16.7 Å². The van der Waals surface area contributed by atoms with Gasteiger partial charge in [-0.1, -0.05) is 41.4 Å². The number of nitrogens with one attached hydrogen (secondary N) is 1. The van der Waals surface area contributed by atoms with Gasteiger partial charge in [-0.25, -0.2) is 4.98 Å². The molecule has 0 amide bonds. The second kappa shape index (κ2) is 6.07. The van der Waals surface area contributed by atoms with Crippen LogP contribution in [0.4, 0.5) is 5.82 Å². The molecule has 2 aromatic carbocycles. The normalized spacial score (nSPS) is 11.6. The van der Waals surface area contributed by atoms with Crippen LogP contribution >= 0.6 is 23.2 Å². The summed E-state index contributed by atoms with van der Waals surface area (Å²) in [6.45, 7) is 0. The third kappa shape index (κ3) is 2.66. The molecular weight excluding hydrogens is 347 g/mol. The Morgan fingerprint density at radius 3 is 2.88 bits per heavy atom. The van der Waals surface area contributed by atoms with Gasteiger partial charge in [0.1, 0.15) is 6.33 Å². The van der Waals surface area contributed by atoms with Crippen LogP contribution in [-0.4, -0.2) is 25.8 Å². The number of benzene rings is 2. The molecule has 0 atom stereocenters. The molecule has 2 aromatic heterocycles. The maximum Gasteiger partial charge on any atom is 0.205 e. The molecule has 8 heteroatoms. The van der Waals surface area contributed by atoms with Crippen LogP contribution in [0.5, 0.6) is 0 Å². The van der Waals surface area contributed by atoms with E-state index in [2.05, 4.69) is 25.7 Å². The van der Waals surface area contributed by atoms with E-state index in [0.29, 0.717) is 21.5 Å². The Morgan fingerprint density at radius 1 is 1.12 bits per heavy atom. The predicted molar refractivity (Wildman–Crippen MR) is 96.0 cm³/mol. The number of rotatable bonds is 3. The van der Waals surface area contributed by atoms with Crippen molar-refractivity contribution in [3.05, 3.63) is 64.4 Å². The van der Waals surface area contributed by atoms with Gasteiger partial charge in [-0.15, -0.1) is 10.2 Å². The molecule has 0 aliphatic carbocycles. The molecule has 4 aromatic rings. The minimum Gasteiger partial charge on any atom is -0.277 e.